The molecular formula is C14H22O4. The van der Waals surface area contributed by atoms with Gasteiger partial charge in [0.15, 0.2) is 0 Å². The van der Waals surface area contributed by atoms with Gasteiger partial charge in [0.05, 0.1) is 0 Å². The largest absolute Gasteiger partial charge is 0.478 e. The molecule has 0 saturated heterocycles. The summed E-state index contributed by atoms with van der Waals surface area (Å²) in [5.41, 5.74) is 0.796. The van der Waals surface area contributed by atoms with Crippen molar-refractivity contribution in [2.45, 2.75) is 52.4 Å². The number of aliphatic carboxylic acids is 2. The second-order valence-corrected chi connectivity index (χ2v) is 4.38. The minimum atomic E-state index is -0.857. The molecule has 0 spiro atoms. The zero-order chi connectivity index (χ0) is 14.0. The average Bonchev–Trinajstić information content (AvgIpc) is 2.31. The summed E-state index contributed by atoms with van der Waals surface area (Å²) in [6.07, 6.45) is 9.13. The Hall–Kier alpha value is -1.58. The Morgan fingerprint density at radius 2 is 1.11 bits per heavy atom. The second-order valence-electron chi connectivity index (χ2n) is 4.38. The molecule has 0 aromatic carbocycles. The van der Waals surface area contributed by atoms with Crippen molar-refractivity contribution in [1.82, 2.24) is 0 Å². The zero-order valence-electron chi connectivity index (χ0n) is 11.1. The Labute approximate surface area is 108 Å². The molecular weight excluding hydrogens is 232 g/mol. The van der Waals surface area contributed by atoms with Gasteiger partial charge in [-0.3, -0.25) is 0 Å². The van der Waals surface area contributed by atoms with E-state index in [0.717, 1.165) is 38.5 Å². The number of carboxylic acids is 2. The van der Waals surface area contributed by atoms with Crippen LogP contribution < -0.4 is 0 Å². The summed E-state index contributed by atoms with van der Waals surface area (Å²) in [5, 5.41) is 17.3. The number of rotatable bonds is 9. The third-order valence-corrected chi connectivity index (χ3v) is 2.73. The molecule has 0 aromatic heterocycles. The summed E-state index contributed by atoms with van der Waals surface area (Å²) in [5.74, 6) is -1.71. The molecule has 0 radical (unpaired) electrons. The molecule has 0 bridgehead atoms. The fraction of sp³-hybridized carbons (Fsp3) is 0.571. The molecule has 102 valence electrons. The van der Waals surface area contributed by atoms with Crippen LogP contribution in [0.5, 0.6) is 0 Å². The Kier molecular flexibility index (Phi) is 8.62. The Bertz CT molecular complexity index is 306. The van der Waals surface area contributed by atoms with E-state index in [4.69, 9.17) is 10.2 Å². The Morgan fingerprint density at radius 1 is 0.778 bits per heavy atom. The van der Waals surface area contributed by atoms with Crippen molar-refractivity contribution >= 4 is 11.9 Å². The van der Waals surface area contributed by atoms with Gasteiger partial charge in [-0.05, 0) is 39.5 Å². The topological polar surface area (TPSA) is 74.6 Å². The zero-order valence-corrected chi connectivity index (χ0v) is 11.1. The number of carbonyl (C=O) groups is 2. The molecule has 0 amide bonds. The van der Waals surface area contributed by atoms with Gasteiger partial charge in [-0.15, -0.1) is 0 Å². The Morgan fingerprint density at radius 3 is 1.39 bits per heavy atom. The molecule has 4 heteroatoms. The molecule has 0 aromatic rings. The van der Waals surface area contributed by atoms with Crippen molar-refractivity contribution in [3.05, 3.63) is 23.3 Å². The highest BCUT2D eigenvalue weighted by Crippen LogP contribution is 2.09. The lowest BCUT2D eigenvalue weighted by molar-refractivity contribution is -0.133. The van der Waals surface area contributed by atoms with Crippen molar-refractivity contribution < 1.29 is 19.8 Å². The van der Waals surface area contributed by atoms with Gasteiger partial charge >= 0.3 is 11.9 Å². The third-order valence-electron chi connectivity index (χ3n) is 2.73. The normalized spacial score (nSPS) is 12.6. The number of allylic oxidation sites excluding steroid dienone is 2. The van der Waals surface area contributed by atoms with E-state index < -0.39 is 11.9 Å². The number of hydrogen-bond acceptors (Lipinski definition) is 2. The molecule has 0 aliphatic carbocycles. The summed E-state index contributed by atoms with van der Waals surface area (Å²) in [7, 11) is 0. The minimum Gasteiger partial charge on any atom is -0.478 e. The fourth-order valence-corrected chi connectivity index (χ4v) is 1.45. The number of unbranched alkanes of at least 4 members (excludes halogenated alkanes) is 5. The van der Waals surface area contributed by atoms with Gasteiger partial charge in [-0.1, -0.05) is 25.0 Å². The van der Waals surface area contributed by atoms with Gasteiger partial charge in [0.25, 0.3) is 0 Å². The van der Waals surface area contributed by atoms with Crippen LogP contribution in [0.15, 0.2) is 23.3 Å². The van der Waals surface area contributed by atoms with Gasteiger partial charge in [-0.25, -0.2) is 9.59 Å². The van der Waals surface area contributed by atoms with Gasteiger partial charge in [-0.2, -0.15) is 0 Å². The lowest BCUT2D eigenvalue weighted by Gasteiger charge is -1.98. The summed E-state index contributed by atoms with van der Waals surface area (Å²) in [4.78, 5) is 21.0. The maximum atomic E-state index is 10.5. The predicted molar refractivity (Wildman–Crippen MR) is 70.5 cm³/mol. The van der Waals surface area contributed by atoms with Crippen molar-refractivity contribution in [1.29, 1.82) is 0 Å². The average molecular weight is 254 g/mol. The molecule has 18 heavy (non-hydrogen) atoms. The van der Waals surface area contributed by atoms with Gasteiger partial charge in [0, 0.05) is 11.1 Å². The first-order valence-corrected chi connectivity index (χ1v) is 6.25. The molecule has 0 atom stereocenters. The van der Waals surface area contributed by atoms with E-state index in [1.807, 2.05) is 0 Å². The molecule has 0 saturated carbocycles. The smallest absolute Gasteiger partial charge is 0.330 e. The molecule has 0 heterocycles. The predicted octanol–water partition coefficient (Wildman–Crippen LogP) is 3.39. The summed E-state index contributed by atoms with van der Waals surface area (Å²) in [6, 6.07) is 0. The minimum absolute atomic E-state index is 0.398. The van der Waals surface area contributed by atoms with Crippen LogP contribution in [0.4, 0.5) is 0 Å². The lowest BCUT2D eigenvalue weighted by Crippen LogP contribution is -1.95. The van der Waals surface area contributed by atoms with Crippen molar-refractivity contribution in [2.24, 2.45) is 0 Å². The van der Waals surface area contributed by atoms with Crippen LogP contribution >= 0.6 is 0 Å². The standard InChI is InChI=1S/C14H22O4/c1-11(13(15)16)9-7-5-3-4-6-8-10-12(2)14(17)18/h9-10H,3-8H2,1-2H3,(H,15,16)(H,17,18)/b11-9+,12-10+. The first-order chi connectivity index (χ1) is 8.45. The molecule has 0 aliphatic heterocycles. The van der Waals surface area contributed by atoms with E-state index in [9.17, 15) is 9.59 Å². The van der Waals surface area contributed by atoms with Crippen molar-refractivity contribution in [3.63, 3.8) is 0 Å². The van der Waals surface area contributed by atoms with Crippen LogP contribution in [-0.2, 0) is 9.59 Å². The van der Waals surface area contributed by atoms with E-state index in [0.29, 0.717) is 11.1 Å². The molecule has 4 nitrogen and oxygen atoms in total. The van der Waals surface area contributed by atoms with Crippen LogP contribution in [0.3, 0.4) is 0 Å². The van der Waals surface area contributed by atoms with Crippen LogP contribution in [0.25, 0.3) is 0 Å². The van der Waals surface area contributed by atoms with E-state index >= 15 is 0 Å². The van der Waals surface area contributed by atoms with Gasteiger partial charge in [0.2, 0.25) is 0 Å². The Balaban J connectivity index is 3.53. The monoisotopic (exact) mass is 254 g/mol. The summed E-state index contributed by atoms with van der Waals surface area (Å²) < 4.78 is 0. The third kappa shape index (κ3) is 8.56. The van der Waals surface area contributed by atoms with Crippen LogP contribution in [0.2, 0.25) is 0 Å². The molecule has 0 fully saturated rings. The molecule has 0 unspecified atom stereocenters. The maximum Gasteiger partial charge on any atom is 0.330 e. The lowest BCUT2D eigenvalue weighted by atomic mass is 10.1. The van der Waals surface area contributed by atoms with Crippen molar-refractivity contribution in [3.8, 4) is 0 Å². The summed E-state index contributed by atoms with van der Waals surface area (Å²) in [6.45, 7) is 3.20. The molecule has 0 rings (SSSR count). The van der Waals surface area contributed by atoms with Gasteiger partial charge in [0.1, 0.15) is 0 Å². The molecule has 2 N–H and O–H groups in total. The van der Waals surface area contributed by atoms with E-state index in [1.165, 1.54) is 0 Å². The number of carboxylic acid groups (broad SMARTS) is 2. The van der Waals surface area contributed by atoms with E-state index in [2.05, 4.69) is 0 Å². The van der Waals surface area contributed by atoms with Crippen LogP contribution in [0, 0.1) is 0 Å². The van der Waals surface area contributed by atoms with E-state index in [1.54, 1.807) is 26.0 Å². The molecule has 0 aliphatic rings. The maximum absolute atomic E-state index is 10.5. The highest BCUT2D eigenvalue weighted by molar-refractivity contribution is 5.86. The fourth-order valence-electron chi connectivity index (χ4n) is 1.45. The van der Waals surface area contributed by atoms with E-state index in [-0.39, 0.29) is 0 Å². The summed E-state index contributed by atoms with van der Waals surface area (Å²) >= 11 is 0. The highest BCUT2D eigenvalue weighted by atomic mass is 16.4. The van der Waals surface area contributed by atoms with Crippen molar-refractivity contribution in [2.75, 3.05) is 0 Å². The quantitative estimate of drug-likeness (QED) is 0.488. The first-order valence-electron chi connectivity index (χ1n) is 6.25. The van der Waals surface area contributed by atoms with Crippen LogP contribution in [0.1, 0.15) is 52.4 Å². The first kappa shape index (κ1) is 16.4. The van der Waals surface area contributed by atoms with Gasteiger partial charge < -0.3 is 10.2 Å². The van der Waals surface area contributed by atoms with Crippen LogP contribution in [-0.4, -0.2) is 22.2 Å². The SMILES string of the molecule is C/C(=C\CCCCCC/C=C(\C)C(=O)O)C(=O)O. The number of hydrogen-bond donors (Lipinski definition) is 2. The second kappa shape index (κ2) is 9.45. The highest BCUT2D eigenvalue weighted by Gasteiger charge is 1.99.